The monoisotopic (exact) mass is 355 g/mol. The Balaban J connectivity index is 1.79. The van der Waals surface area contributed by atoms with Crippen molar-refractivity contribution in [2.24, 2.45) is 11.8 Å². The number of carbonyl (C=O) groups excluding carboxylic acids is 1. The number of hydrogen-bond donors (Lipinski definition) is 2. The summed E-state index contributed by atoms with van der Waals surface area (Å²) in [5.74, 6) is 1.65. The number of amides is 1. The van der Waals surface area contributed by atoms with E-state index in [1.165, 1.54) is 25.7 Å². The Hall–Kier alpha value is -0.480. The highest BCUT2D eigenvalue weighted by atomic mass is 79.9. The van der Waals surface area contributed by atoms with Gasteiger partial charge in [-0.15, -0.1) is 12.6 Å². The van der Waals surface area contributed by atoms with Crippen LogP contribution in [0.4, 0.5) is 0 Å². The minimum Gasteiger partial charge on any atom is -0.352 e. The topological polar surface area (TPSA) is 29.1 Å². The van der Waals surface area contributed by atoms with Crippen molar-refractivity contribution in [3.8, 4) is 0 Å². The highest BCUT2D eigenvalue weighted by Gasteiger charge is 2.18. The number of benzene rings is 1. The van der Waals surface area contributed by atoms with Gasteiger partial charge in [-0.1, -0.05) is 32.6 Å². The van der Waals surface area contributed by atoms with Crippen molar-refractivity contribution in [1.82, 2.24) is 5.32 Å². The fraction of sp³-hybridized carbons (Fsp3) is 0.562. The van der Waals surface area contributed by atoms with E-state index in [4.69, 9.17) is 0 Å². The summed E-state index contributed by atoms with van der Waals surface area (Å²) < 4.78 is 0.819. The van der Waals surface area contributed by atoms with Crippen LogP contribution in [0.5, 0.6) is 0 Å². The molecule has 0 unspecified atom stereocenters. The van der Waals surface area contributed by atoms with Crippen LogP contribution in [0.1, 0.15) is 49.4 Å². The van der Waals surface area contributed by atoms with Crippen molar-refractivity contribution in [3.05, 3.63) is 28.2 Å². The molecular weight excluding hydrogens is 334 g/mol. The third-order valence-corrected chi connectivity index (χ3v) is 5.14. The fourth-order valence-electron chi connectivity index (χ4n) is 2.79. The summed E-state index contributed by atoms with van der Waals surface area (Å²) in [6.45, 7) is 3.10. The van der Waals surface area contributed by atoms with Gasteiger partial charge in [0.25, 0.3) is 5.91 Å². The first-order valence-electron chi connectivity index (χ1n) is 7.33. The van der Waals surface area contributed by atoms with E-state index in [0.29, 0.717) is 5.56 Å². The third-order valence-electron chi connectivity index (χ3n) is 4.17. The van der Waals surface area contributed by atoms with E-state index in [2.05, 4.69) is 40.8 Å². The van der Waals surface area contributed by atoms with Gasteiger partial charge >= 0.3 is 0 Å². The van der Waals surface area contributed by atoms with Crippen LogP contribution in [0.3, 0.4) is 0 Å². The van der Waals surface area contributed by atoms with Crippen LogP contribution >= 0.6 is 28.6 Å². The molecule has 2 rings (SSSR count). The number of halogens is 1. The van der Waals surface area contributed by atoms with Gasteiger partial charge in [0.15, 0.2) is 0 Å². The molecule has 20 heavy (non-hydrogen) atoms. The molecule has 1 saturated carbocycles. The van der Waals surface area contributed by atoms with Gasteiger partial charge in [-0.05, 0) is 52.4 Å². The SMILES string of the molecule is CC1CCC(CCNC(=O)c2cc(S)ccc2Br)CC1. The summed E-state index contributed by atoms with van der Waals surface area (Å²) in [6, 6.07) is 5.53. The summed E-state index contributed by atoms with van der Waals surface area (Å²) >= 11 is 7.69. The first kappa shape index (κ1) is 15.9. The third kappa shape index (κ3) is 4.52. The molecule has 0 atom stereocenters. The fourth-order valence-corrected chi connectivity index (χ4v) is 3.42. The van der Waals surface area contributed by atoms with Gasteiger partial charge in [0, 0.05) is 15.9 Å². The smallest absolute Gasteiger partial charge is 0.252 e. The van der Waals surface area contributed by atoms with E-state index < -0.39 is 0 Å². The standard InChI is InChI=1S/C16H22BrNOS/c1-11-2-4-12(5-3-11)8-9-18-16(19)14-10-13(20)6-7-15(14)17/h6-7,10-12,20H,2-5,8-9H2,1H3,(H,18,19). The second-order valence-electron chi connectivity index (χ2n) is 5.83. The minimum atomic E-state index is -0.0167. The van der Waals surface area contributed by atoms with Gasteiger partial charge in [-0.2, -0.15) is 0 Å². The molecule has 1 aromatic carbocycles. The second-order valence-corrected chi connectivity index (χ2v) is 7.21. The Morgan fingerprint density at radius 1 is 1.35 bits per heavy atom. The van der Waals surface area contributed by atoms with Gasteiger partial charge in [0.2, 0.25) is 0 Å². The van der Waals surface area contributed by atoms with Crippen molar-refractivity contribution in [3.63, 3.8) is 0 Å². The Bertz CT molecular complexity index is 470. The first-order chi connectivity index (χ1) is 9.56. The molecule has 2 nitrogen and oxygen atoms in total. The van der Waals surface area contributed by atoms with Gasteiger partial charge in [-0.25, -0.2) is 0 Å². The van der Waals surface area contributed by atoms with E-state index in [9.17, 15) is 4.79 Å². The summed E-state index contributed by atoms with van der Waals surface area (Å²) in [7, 11) is 0. The summed E-state index contributed by atoms with van der Waals surface area (Å²) in [5.41, 5.74) is 0.662. The van der Waals surface area contributed by atoms with Gasteiger partial charge in [-0.3, -0.25) is 4.79 Å². The zero-order valence-electron chi connectivity index (χ0n) is 11.9. The van der Waals surface area contributed by atoms with Crippen LogP contribution in [0.15, 0.2) is 27.6 Å². The lowest BCUT2D eigenvalue weighted by Gasteiger charge is -2.26. The molecular formula is C16H22BrNOS. The minimum absolute atomic E-state index is 0.0167. The normalized spacial score (nSPS) is 22.6. The Morgan fingerprint density at radius 3 is 2.75 bits per heavy atom. The molecule has 4 heteroatoms. The highest BCUT2D eigenvalue weighted by Crippen LogP contribution is 2.30. The quantitative estimate of drug-likeness (QED) is 0.754. The molecule has 1 N–H and O–H groups in total. The van der Waals surface area contributed by atoms with Crippen LogP contribution in [-0.2, 0) is 0 Å². The van der Waals surface area contributed by atoms with E-state index in [1.807, 2.05) is 12.1 Å². The molecule has 1 amide bonds. The van der Waals surface area contributed by atoms with Crippen molar-refractivity contribution in [1.29, 1.82) is 0 Å². The summed E-state index contributed by atoms with van der Waals surface area (Å²) in [4.78, 5) is 12.9. The Morgan fingerprint density at radius 2 is 2.05 bits per heavy atom. The molecule has 1 aliphatic carbocycles. The molecule has 1 fully saturated rings. The van der Waals surface area contributed by atoms with E-state index in [0.717, 1.165) is 34.2 Å². The molecule has 0 bridgehead atoms. The van der Waals surface area contributed by atoms with Crippen LogP contribution < -0.4 is 5.32 Å². The number of nitrogens with one attached hydrogen (secondary N) is 1. The first-order valence-corrected chi connectivity index (χ1v) is 8.57. The number of thiol groups is 1. The van der Waals surface area contributed by atoms with Crippen molar-refractivity contribution < 1.29 is 4.79 Å². The highest BCUT2D eigenvalue weighted by molar-refractivity contribution is 9.10. The van der Waals surface area contributed by atoms with Crippen LogP contribution in [0, 0.1) is 11.8 Å². The number of carbonyl (C=O) groups is 1. The zero-order valence-corrected chi connectivity index (χ0v) is 14.3. The lowest BCUT2D eigenvalue weighted by molar-refractivity contribution is 0.0948. The lowest BCUT2D eigenvalue weighted by Crippen LogP contribution is -2.27. The maximum absolute atomic E-state index is 12.1. The average Bonchev–Trinajstić information content (AvgIpc) is 2.43. The largest absolute Gasteiger partial charge is 0.352 e. The number of rotatable bonds is 4. The average molecular weight is 356 g/mol. The number of hydrogen-bond acceptors (Lipinski definition) is 2. The molecule has 0 spiro atoms. The van der Waals surface area contributed by atoms with Crippen LogP contribution in [0.2, 0.25) is 0 Å². The maximum Gasteiger partial charge on any atom is 0.252 e. The Kier molecular flexibility index (Phi) is 5.97. The Labute approximate surface area is 135 Å². The van der Waals surface area contributed by atoms with E-state index in [1.54, 1.807) is 6.07 Å². The van der Waals surface area contributed by atoms with Gasteiger partial charge < -0.3 is 5.32 Å². The van der Waals surface area contributed by atoms with Crippen molar-refractivity contribution in [2.75, 3.05) is 6.54 Å². The predicted molar refractivity (Wildman–Crippen MR) is 89.5 cm³/mol. The molecule has 110 valence electrons. The molecule has 0 aliphatic heterocycles. The van der Waals surface area contributed by atoms with Crippen LogP contribution in [-0.4, -0.2) is 12.5 Å². The summed E-state index contributed by atoms with van der Waals surface area (Å²) in [5, 5.41) is 3.02. The van der Waals surface area contributed by atoms with Crippen molar-refractivity contribution in [2.45, 2.75) is 43.9 Å². The van der Waals surface area contributed by atoms with E-state index >= 15 is 0 Å². The summed E-state index contributed by atoms with van der Waals surface area (Å²) in [6.07, 6.45) is 6.40. The molecule has 1 aromatic rings. The molecule has 0 radical (unpaired) electrons. The van der Waals surface area contributed by atoms with Crippen LogP contribution in [0.25, 0.3) is 0 Å². The van der Waals surface area contributed by atoms with Gasteiger partial charge in [0.05, 0.1) is 5.56 Å². The molecule has 0 saturated heterocycles. The second kappa shape index (κ2) is 7.51. The predicted octanol–water partition coefficient (Wildman–Crippen LogP) is 4.68. The molecule has 0 heterocycles. The molecule has 1 aliphatic rings. The maximum atomic E-state index is 12.1. The van der Waals surface area contributed by atoms with Gasteiger partial charge in [0.1, 0.15) is 0 Å². The van der Waals surface area contributed by atoms with E-state index in [-0.39, 0.29) is 5.91 Å². The molecule has 0 aromatic heterocycles. The van der Waals surface area contributed by atoms with Crippen molar-refractivity contribution >= 4 is 34.5 Å². The lowest BCUT2D eigenvalue weighted by atomic mass is 9.81. The zero-order chi connectivity index (χ0) is 14.5.